The van der Waals surface area contributed by atoms with Crippen molar-refractivity contribution in [1.82, 2.24) is 5.32 Å². The van der Waals surface area contributed by atoms with Gasteiger partial charge in [0.2, 0.25) is 0 Å². The van der Waals surface area contributed by atoms with Crippen molar-refractivity contribution in [1.29, 1.82) is 0 Å². The first kappa shape index (κ1) is 20.0. The molecule has 2 nitrogen and oxygen atoms in total. The quantitative estimate of drug-likeness (QED) is 0.519. The zero-order valence-electron chi connectivity index (χ0n) is 14.9. The molecule has 6 heteroatoms. The molecule has 0 fully saturated rings. The molecule has 3 aromatic rings. The van der Waals surface area contributed by atoms with E-state index in [1.165, 1.54) is 6.07 Å². The highest BCUT2D eigenvalue weighted by Crippen LogP contribution is 2.30. The van der Waals surface area contributed by atoms with Crippen LogP contribution in [0.15, 0.2) is 83.8 Å². The molecule has 0 saturated heterocycles. The molecule has 1 N–H and O–H groups in total. The molecule has 3 aromatic carbocycles. The van der Waals surface area contributed by atoms with E-state index in [-0.39, 0.29) is 12.5 Å². The van der Waals surface area contributed by atoms with Gasteiger partial charge in [-0.15, -0.1) is 11.8 Å². The van der Waals surface area contributed by atoms with Gasteiger partial charge in [0, 0.05) is 17.2 Å². The largest absolute Gasteiger partial charge is 0.416 e. The third-order valence-corrected chi connectivity index (χ3v) is 5.22. The van der Waals surface area contributed by atoms with Crippen molar-refractivity contribution in [2.75, 3.05) is 0 Å². The molecule has 0 unspecified atom stereocenters. The van der Waals surface area contributed by atoms with E-state index < -0.39 is 11.7 Å². The molecule has 0 aliphatic carbocycles. The van der Waals surface area contributed by atoms with Gasteiger partial charge in [0.25, 0.3) is 5.91 Å². The summed E-state index contributed by atoms with van der Waals surface area (Å²) >= 11 is 1.55. The van der Waals surface area contributed by atoms with Crippen LogP contribution in [0.5, 0.6) is 0 Å². The lowest BCUT2D eigenvalue weighted by atomic mass is 10.1. The number of amides is 1. The molecule has 0 bridgehead atoms. The Hall–Kier alpha value is -2.73. The average molecular weight is 401 g/mol. The maximum absolute atomic E-state index is 12.8. The van der Waals surface area contributed by atoms with E-state index in [9.17, 15) is 18.0 Å². The van der Waals surface area contributed by atoms with E-state index in [0.717, 1.165) is 28.3 Å². The van der Waals surface area contributed by atoms with Crippen LogP contribution in [0.3, 0.4) is 0 Å². The molecular formula is C22H18F3NOS. The molecule has 0 radical (unpaired) electrons. The Balaban J connectivity index is 1.66. The summed E-state index contributed by atoms with van der Waals surface area (Å²) in [5, 5.41) is 2.71. The molecule has 0 aliphatic heterocycles. The van der Waals surface area contributed by atoms with Crippen LogP contribution < -0.4 is 5.32 Å². The fourth-order valence-corrected chi connectivity index (χ4v) is 3.66. The number of rotatable bonds is 6. The van der Waals surface area contributed by atoms with Crippen LogP contribution in [0.25, 0.3) is 0 Å². The summed E-state index contributed by atoms with van der Waals surface area (Å²) in [5.41, 5.74) is 1.33. The lowest BCUT2D eigenvalue weighted by Gasteiger charge is -2.11. The van der Waals surface area contributed by atoms with Crippen LogP contribution in [0.1, 0.15) is 27.0 Å². The second kappa shape index (κ2) is 8.97. The van der Waals surface area contributed by atoms with Crippen LogP contribution in [-0.4, -0.2) is 5.91 Å². The van der Waals surface area contributed by atoms with Crippen molar-refractivity contribution in [2.45, 2.75) is 23.4 Å². The second-order valence-electron chi connectivity index (χ2n) is 6.15. The number of hydrogen-bond donors (Lipinski definition) is 1. The van der Waals surface area contributed by atoms with Gasteiger partial charge >= 0.3 is 6.18 Å². The molecule has 3 rings (SSSR count). The van der Waals surface area contributed by atoms with Crippen LogP contribution >= 0.6 is 11.8 Å². The van der Waals surface area contributed by atoms with Crippen molar-refractivity contribution in [3.05, 3.63) is 101 Å². The first-order valence-electron chi connectivity index (χ1n) is 8.63. The SMILES string of the molecule is O=C(NCc1cccc(C(F)(F)F)c1)c1ccccc1SCc1ccccc1. The zero-order chi connectivity index (χ0) is 20.0. The van der Waals surface area contributed by atoms with Gasteiger partial charge in [0.1, 0.15) is 0 Å². The number of alkyl halides is 3. The Morgan fingerprint density at radius 2 is 1.54 bits per heavy atom. The summed E-state index contributed by atoms with van der Waals surface area (Å²) in [7, 11) is 0. The number of halogens is 3. The van der Waals surface area contributed by atoms with Gasteiger partial charge in [0.05, 0.1) is 11.1 Å². The Labute approximate surface area is 165 Å². The van der Waals surface area contributed by atoms with Gasteiger partial charge in [0.15, 0.2) is 0 Å². The van der Waals surface area contributed by atoms with Gasteiger partial charge in [-0.05, 0) is 35.4 Å². The van der Waals surface area contributed by atoms with Crippen LogP contribution in [-0.2, 0) is 18.5 Å². The number of benzene rings is 3. The predicted octanol–water partition coefficient (Wildman–Crippen LogP) is 5.93. The number of carbonyl (C=O) groups is 1. The van der Waals surface area contributed by atoms with Gasteiger partial charge in [-0.1, -0.05) is 54.6 Å². The number of nitrogens with one attached hydrogen (secondary N) is 1. The van der Waals surface area contributed by atoms with Crippen molar-refractivity contribution < 1.29 is 18.0 Å². The number of thioether (sulfide) groups is 1. The highest BCUT2D eigenvalue weighted by Gasteiger charge is 2.30. The maximum atomic E-state index is 12.8. The molecule has 0 atom stereocenters. The van der Waals surface area contributed by atoms with Crippen molar-refractivity contribution in [3.63, 3.8) is 0 Å². The average Bonchev–Trinajstić information content (AvgIpc) is 2.71. The van der Waals surface area contributed by atoms with E-state index in [0.29, 0.717) is 11.1 Å². The predicted molar refractivity (Wildman–Crippen MR) is 105 cm³/mol. The molecule has 0 spiro atoms. The summed E-state index contributed by atoms with van der Waals surface area (Å²) in [6.07, 6.45) is -4.40. The van der Waals surface area contributed by atoms with Crippen LogP contribution in [0.2, 0.25) is 0 Å². The summed E-state index contributed by atoms with van der Waals surface area (Å²) in [6.45, 7) is 0.0282. The minimum Gasteiger partial charge on any atom is -0.348 e. The number of carbonyl (C=O) groups excluding carboxylic acids is 1. The summed E-state index contributed by atoms with van der Waals surface area (Å²) in [5.74, 6) is 0.409. The molecule has 0 heterocycles. The molecule has 0 saturated carbocycles. The van der Waals surface area contributed by atoms with E-state index in [4.69, 9.17) is 0 Å². The number of hydrogen-bond acceptors (Lipinski definition) is 2. The normalized spacial score (nSPS) is 11.2. The first-order chi connectivity index (χ1) is 13.4. The maximum Gasteiger partial charge on any atom is 0.416 e. The van der Waals surface area contributed by atoms with Crippen molar-refractivity contribution >= 4 is 17.7 Å². The van der Waals surface area contributed by atoms with Gasteiger partial charge in [-0.3, -0.25) is 4.79 Å². The van der Waals surface area contributed by atoms with E-state index in [2.05, 4.69) is 5.32 Å². The lowest BCUT2D eigenvalue weighted by Crippen LogP contribution is -2.23. The van der Waals surface area contributed by atoms with Gasteiger partial charge in [-0.2, -0.15) is 13.2 Å². The third-order valence-electron chi connectivity index (χ3n) is 4.08. The van der Waals surface area contributed by atoms with E-state index in [1.54, 1.807) is 30.0 Å². The lowest BCUT2D eigenvalue weighted by molar-refractivity contribution is -0.137. The Morgan fingerprint density at radius 3 is 2.29 bits per heavy atom. The van der Waals surface area contributed by atoms with E-state index >= 15 is 0 Å². The van der Waals surface area contributed by atoms with Crippen LogP contribution in [0, 0.1) is 0 Å². The minimum atomic E-state index is -4.40. The Bertz CT molecular complexity index is 942. The molecule has 28 heavy (non-hydrogen) atoms. The smallest absolute Gasteiger partial charge is 0.348 e. The van der Waals surface area contributed by atoms with Crippen molar-refractivity contribution in [2.24, 2.45) is 0 Å². The minimum absolute atomic E-state index is 0.0282. The Morgan fingerprint density at radius 1 is 0.857 bits per heavy atom. The molecule has 0 aromatic heterocycles. The standard InChI is InChI=1S/C22H18F3NOS/c23-22(24,25)18-10-6-9-17(13-18)14-26-21(27)19-11-4-5-12-20(19)28-15-16-7-2-1-3-8-16/h1-13H,14-15H2,(H,26,27). The molecule has 0 aliphatic rings. The monoisotopic (exact) mass is 401 g/mol. The summed E-state index contributed by atoms with van der Waals surface area (Å²) in [4.78, 5) is 13.4. The highest BCUT2D eigenvalue weighted by atomic mass is 32.2. The van der Waals surface area contributed by atoms with Crippen molar-refractivity contribution in [3.8, 4) is 0 Å². The zero-order valence-corrected chi connectivity index (χ0v) is 15.7. The van der Waals surface area contributed by atoms with Crippen LogP contribution in [0.4, 0.5) is 13.2 Å². The van der Waals surface area contributed by atoms with E-state index in [1.807, 2.05) is 42.5 Å². The Kier molecular flexibility index (Phi) is 6.41. The molecular weight excluding hydrogens is 383 g/mol. The first-order valence-corrected chi connectivity index (χ1v) is 9.62. The molecule has 1 amide bonds. The third kappa shape index (κ3) is 5.39. The topological polar surface area (TPSA) is 29.1 Å². The highest BCUT2D eigenvalue weighted by molar-refractivity contribution is 7.98. The van der Waals surface area contributed by atoms with Gasteiger partial charge < -0.3 is 5.32 Å². The fourth-order valence-electron chi connectivity index (χ4n) is 2.65. The van der Waals surface area contributed by atoms with Gasteiger partial charge in [-0.25, -0.2) is 0 Å². The second-order valence-corrected chi connectivity index (χ2v) is 7.17. The summed E-state index contributed by atoms with van der Waals surface area (Å²) < 4.78 is 38.5. The fraction of sp³-hybridized carbons (Fsp3) is 0.136. The summed E-state index contributed by atoms with van der Waals surface area (Å²) in [6, 6.07) is 22.1. The molecule has 144 valence electrons.